The number of aromatic nitrogens is 1. The molecule has 3 rings (SSSR count). The summed E-state index contributed by atoms with van der Waals surface area (Å²) in [7, 11) is 0. The fraction of sp³-hybridized carbons (Fsp3) is 0.500. The molecule has 1 saturated heterocycles. The van der Waals surface area contributed by atoms with Crippen LogP contribution in [0.1, 0.15) is 64.1 Å². The van der Waals surface area contributed by atoms with E-state index in [1.807, 2.05) is 47.5 Å². The molecule has 1 aromatic heterocycles. The first-order chi connectivity index (χ1) is 14.0. The van der Waals surface area contributed by atoms with Crippen LogP contribution in [0.2, 0.25) is 0 Å². The standard InChI is InChI=1S/C24H33N3O2/c1-18(2)27(19(3)4)23-21(13-10-15-25-23)22-14-8-9-16-26(22)24(28)29-17-20-11-6-5-7-12-20/h5-7,10-13,15,18-19,22H,8-9,14,16-17H2,1-4H3. The molecule has 1 unspecified atom stereocenters. The number of benzene rings is 1. The Morgan fingerprint density at radius 2 is 1.83 bits per heavy atom. The van der Waals surface area contributed by atoms with E-state index in [1.165, 1.54) is 0 Å². The normalized spacial score (nSPS) is 16.9. The van der Waals surface area contributed by atoms with Crippen LogP contribution in [0.3, 0.4) is 0 Å². The van der Waals surface area contributed by atoms with Gasteiger partial charge in [-0.1, -0.05) is 36.4 Å². The second kappa shape index (κ2) is 9.77. The number of carbonyl (C=O) groups excluding carboxylic acids is 1. The molecule has 1 amide bonds. The Hall–Kier alpha value is -2.56. The van der Waals surface area contributed by atoms with Gasteiger partial charge in [-0.25, -0.2) is 9.78 Å². The SMILES string of the molecule is CC(C)N(c1ncccc1C1CCCCN1C(=O)OCc1ccccc1)C(C)C. The predicted octanol–water partition coefficient (Wildman–Crippen LogP) is 5.57. The largest absolute Gasteiger partial charge is 0.445 e. The monoisotopic (exact) mass is 395 g/mol. The summed E-state index contributed by atoms with van der Waals surface area (Å²) in [5.74, 6) is 0.977. The van der Waals surface area contributed by atoms with Gasteiger partial charge in [-0.05, 0) is 58.6 Å². The van der Waals surface area contributed by atoms with Crippen LogP contribution in [0.15, 0.2) is 48.7 Å². The number of nitrogens with zero attached hydrogens (tertiary/aromatic N) is 3. The first-order valence-corrected chi connectivity index (χ1v) is 10.7. The Balaban J connectivity index is 1.83. The summed E-state index contributed by atoms with van der Waals surface area (Å²) in [4.78, 5) is 21.9. The summed E-state index contributed by atoms with van der Waals surface area (Å²) in [5.41, 5.74) is 2.12. The van der Waals surface area contributed by atoms with E-state index in [0.29, 0.717) is 18.7 Å². The van der Waals surface area contributed by atoms with Gasteiger partial charge in [0.1, 0.15) is 12.4 Å². The third kappa shape index (κ3) is 5.08. The minimum absolute atomic E-state index is 0.00396. The van der Waals surface area contributed by atoms with Crippen molar-refractivity contribution in [2.75, 3.05) is 11.4 Å². The number of hydrogen-bond acceptors (Lipinski definition) is 4. The summed E-state index contributed by atoms with van der Waals surface area (Å²) in [6.07, 6.45) is 4.64. The lowest BCUT2D eigenvalue weighted by atomic mass is 9.95. The molecule has 1 fully saturated rings. The first kappa shape index (κ1) is 21.2. The molecule has 1 aliphatic heterocycles. The lowest BCUT2D eigenvalue weighted by Crippen LogP contribution is -2.42. The second-order valence-electron chi connectivity index (χ2n) is 8.26. The maximum Gasteiger partial charge on any atom is 0.410 e. The molecule has 0 saturated carbocycles. The van der Waals surface area contributed by atoms with E-state index in [9.17, 15) is 4.79 Å². The molecule has 5 heteroatoms. The summed E-state index contributed by atoms with van der Waals surface area (Å²) in [5, 5.41) is 0. The number of likely N-dealkylation sites (tertiary alicyclic amines) is 1. The molecule has 0 aliphatic carbocycles. The molecule has 2 heterocycles. The van der Waals surface area contributed by atoms with Gasteiger partial charge >= 0.3 is 6.09 Å². The zero-order chi connectivity index (χ0) is 20.8. The average Bonchev–Trinajstić information content (AvgIpc) is 2.73. The first-order valence-electron chi connectivity index (χ1n) is 10.7. The Bertz CT molecular complexity index is 784. The molecule has 0 bridgehead atoms. The molecule has 0 radical (unpaired) electrons. The molecule has 5 nitrogen and oxygen atoms in total. The van der Waals surface area contributed by atoms with Crippen molar-refractivity contribution in [3.8, 4) is 0 Å². The zero-order valence-electron chi connectivity index (χ0n) is 18.0. The Morgan fingerprint density at radius 1 is 1.10 bits per heavy atom. The van der Waals surface area contributed by atoms with E-state index in [2.05, 4.69) is 38.7 Å². The van der Waals surface area contributed by atoms with Gasteiger partial charge in [-0.15, -0.1) is 0 Å². The Labute approximate surface area is 174 Å². The van der Waals surface area contributed by atoms with Gasteiger partial charge in [0.15, 0.2) is 0 Å². The maximum absolute atomic E-state index is 13.0. The molecule has 29 heavy (non-hydrogen) atoms. The highest BCUT2D eigenvalue weighted by Crippen LogP contribution is 2.37. The topological polar surface area (TPSA) is 45.7 Å². The molecule has 1 aromatic carbocycles. The summed E-state index contributed by atoms with van der Waals surface area (Å²) in [6, 6.07) is 14.6. The fourth-order valence-corrected chi connectivity index (χ4v) is 4.25. The van der Waals surface area contributed by atoms with Gasteiger partial charge in [0.25, 0.3) is 0 Å². The summed E-state index contributed by atoms with van der Waals surface area (Å²) in [6.45, 7) is 9.76. The van der Waals surface area contributed by atoms with Crippen molar-refractivity contribution in [3.63, 3.8) is 0 Å². The van der Waals surface area contributed by atoms with Gasteiger partial charge in [-0.2, -0.15) is 0 Å². The predicted molar refractivity (Wildman–Crippen MR) is 117 cm³/mol. The van der Waals surface area contributed by atoms with E-state index in [1.54, 1.807) is 0 Å². The lowest BCUT2D eigenvalue weighted by Gasteiger charge is -2.39. The van der Waals surface area contributed by atoms with Crippen molar-refractivity contribution in [1.29, 1.82) is 0 Å². The average molecular weight is 396 g/mol. The minimum Gasteiger partial charge on any atom is -0.445 e. The molecular formula is C24H33N3O2. The number of amides is 1. The second-order valence-corrected chi connectivity index (χ2v) is 8.26. The minimum atomic E-state index is -0.242. The van der Waals surface area contributed by atoms with E-state index >= 15 is 0 Å². The van der Waals surface area contributed by atoms with E-state index in [0.717, 1.165) is 42.8 Å². The number of piperidine rings is 1. The summed E-state index contributed by atoms with van der Waals surface area (Å²) < 4.78 is 5.67. The Kier molecular flexibility index (Phi) is 7.13. The van der Waals surface area contributed by atoms with E-state index in [4.69, 9.17) is 9.72 Å². The molecular weight excluding hydrogens is 362 g/mol. The highest BCUT2D eigenvalue weighted by molar-refractivity contribution is 5.69. The number of hydrogen-bond donors (Lipinski definition) is 0. The molecule has 2 aromatic rings. The maximum atomic E-state index is 13.0. The van der Waals surface area contributed by atoms with Crippen LogP contribution < -0.4 is 4.90 Å². The van der Waals surface area contributed by atoms with Crippen LogP contribution in [-0.4, -0.2) is 34.6 Å². The van der Waals surface area contributed by atoms with Crippen molar-refractivity contribution < 1.29 is 9.53 Å². The van der Waals surface area contributed by atoms with Gasteiger partial charge in [0.2, 0.25) is 0 Å². The lowest BCUT2D eigenvalue weighted by molar-refractivity contribution is 0.0679. The summed E-state index contributed by atoms with van der Waals surface area (Å²) >= 11 is 0. The van der Waals surface area contributed by atoms with Crippen LogP contribution in [0.4, 0.5) is 10.6 Å². The fourth-order valence-electron chi connectivity index (χ4n) is 4.25. The van der Waals surface area contributed by atoms with Crippen LogP contribution in [0, 0.1) is 0 Å². The van der Waals surface area contributed by atoms with Crippen molar-refractivity contribution in [1.82, 2.24) is 9.88 Å². The van der Waals surface area contributed by atoms with E-state index < -0.39 is 0 Å². The van der Waals surface area contributed by atoms with Crippen molar-refractivity contribution >= 4 is 11.9 Å². The number of pyridine rings is 1. The Morgan fingerprint density at radius 3 is 2.52 bits per heavy atom. The van der Waals surface area contributed by atoms with Crippen LogP contribution in [0.25, 0.3) is 0 Å². The molecule has 1 atom stereocenters. The van der Waals surface area contributed by atoms with Gasteiger partial charge in [0.05, 0.1) is 6.04 Å². The van der Waals surface area contributed by atoms with Crippen LogP contribution in [-0.2, 0) is 11.3 Å². The molecule has 0 N–H and O–H groups in total. The number of anilines is 1. The van der Waals surface area contributed by atoms with Crippen LogP contribution in [0.5, 0.6) is 0 Å². The van der Waals surface area contributed by atoms with Gasteiger partial charge in [0, 0.05) is 30.4 Å². The van der Waals surface area contributed by atoms with Crippen LogP contribution >= 0.6 is 0 Å². The third-order valence-electron chi connectivity index (χ3n) is 5.48. The van der Waals surface area contributed by atoms with Gasteiger partial charge in [-0.3, -0.25) is 0 Å². The van der Waals surface area contributed by atoms with Crippen molar-refractivity contribution in [2.24, 2.45) is 0 Å². The zero-order valence-corrected chi connectivity index (χ0v) is 18.0. The molecule has 156 valence electrons. The van der Waals surface area contributed by atoms with Crippen molar-refractivity contribution in [2.45, 2.75) is 71.7 Å². The third-order valence-corrected chi connectivity index (χ3v) is 5.48. The molecule has 0 spiro atoms. The van der Waals surface area contributed by atoms with E-state index in [-0.39, 0.29) is 12.1 Å². The highest BCUT2D eigenvalue weighted by Gasteiger charge is 2.32. The quantitative estimate of drug-likeness (QED) is 0.641. The number of carbonyl (C=O) groups is 1. The van der Waals surface area contributed by atoms with Crippen molar-refractivity contribution in [3.05, 3.63) is 59.8 Å². The smallest absolute Gasteiger partial charge is 0.410 e. The highest BCUT2D eigenvalue weighted by atomic mass is 16.6. The number of ether oxygens (including phenoxy) is 1. The number of rotatable bonds is 6. The van der Waals surface area contributed by atoms with Gasteiger partial charge < -0.3 is 14.5 Å². The molecule has 1 aliphatic rings.